The smallest absolute Gasteiger partial charge is 0.323 e. The van der Waals surface area contributed by atoms with E-state index in [2.05, 4.69) is 13.8 Å². The van der Waals surface area contributed by atoms with Crippen molar-refractivity contribution in [1.82, 2.24) is 4.90 Å². The number of unbranched alkanes of at least 4 members (excludes halogenated alkanes) is 16. The zero-order chi connectivity index (χ0) is 36.7. The van der Waals surface area contributed by atoms with E-state index in [0.29, 0.717) is 45.4 Å². The molecule has 0 bridgehead atoms. The van der Waals surface area contributed by atoms with Gasteiger partial charge in [-0.1, -0.05) is 104 Å². The number of carboxylic acids is 1. The van der Waals surface area contributed by atoms with Gasteiger partial charge in [0.2, 0.25) is 0 Å². The molecule has 2 unspecified atom stereocenters. The first kappa shape index (κ1) is 45.8. The number of rotatable bonds is 34. The van der Waals surface area contributed by atoms with Crippen LogP contribution in [-0.4, -0.2) is 83.5 Å². The van der Waals surface area contributed by atoms with Crippen LogP contribution < -0.4 is 0 Å². The Morgan fingerprint density at radius 1 is 0.660 bits per heavy atom. The number of ether oxygens (including phenoxy) is 3. The number of carboxylic acid groups (broad SMARTS) is 1. The molecule has 0 aromatic rings. The van der Waals surface area contributed by atoms with Crippen LogP contribution in [0.4, 0.5) is 0 Å². The average molecular weight is 712 g/mol. The molecule has 2 atom stereocenters. The van der Waals surface area contributed by atoms with E-state index < -0.39 is 18.1 Å². The van der Waals surface area contributed by atoms with Crippen molar-refractivity contribution in [2.75, 3.05) is 26.3 Å². The lowest BCUT2D eigenvalue weighted by Gasteiger charge is -2.22. The van der Waals surface area contributed by atoms with Crippen molar-refractivity contribution in [3.05, 3.63) is 0 Å². The van der Waals surface area contributed by atoms with Crippen molar-refractivity contribution in [3.8, 4) is 0 Å². The second-order valence-electron chi connectivity index (χ2n) is 14.3. The SMILES string of the molecule is CCCCCCCCC(CCCCCCCC)OC(=O)CCCCCCCOC(=O)C1CC(OC(=O)CCCO)CN1CCCCCC(=O)O. The highest BCUT2D eigenvalue weighted by Gasteiger charge is 2.39. The molecule has 10 heteroatoms. The summed E-state index contributed by atoms with van der Waals surface area (Å²) in [5, 5.41) is 17.9. The standard InChI is InChI=1S/C40H73NO9/c1-3-5-7-9-12-17-24-34(25-18-13-10-8-6-4-2)49-38(45)27-20-14-11-15-22-31-48-40(47)36-32-35(50-39(46)28-23-30-42)33-41(36)29-21-16-19-26-37(43)44/h34-36,42H,3-33H2,1-2H3,(H,43,44). The van der Waals surface area contributed by atoms with Gasteiger partial charge in [0.05, 0.1) is 6.61 Å². The lowest BCUT2D eigenvalue weighted by atomic mass is 10.0. The summed E-state index contributed by atoms with van der Waals surface area (Å²) in [6.07, 6.45) is 24.4. The van der Waals surface area contributed by atoms with Gasteiger partial charge in [-0.05, 0) is 64.3 Å². The lowest BCUT2D eigenvalue weighted by Crippen LogP contribution is -2.38. The summed E-state index contributed by atoms with van der Waals surface area (Å²) in [6, 6.07) is -0.498. The van der Waals surface area contributed by atoms with Crippen molar-refractivity contribution >= 4 is 23.9 Å². The van der Waals surface area contributed by atoms with Crippen molar-refractivity contribution in [2.45, 2.75) is 205 Å². The van der Waals surface area contributed by atoms with E-state index in [1.807, 2.05) is 4.90 Å². The molecule has 1 fully saturated rings. The molecule has 0 aromatic carbocycles. The summed E-state index contributed by atoms with van der Waals surface area (Å²) in [7, 11) is 0. The maximum absolute atomic E-state index is 13.0. The van der Waals surface area contributed by atoms with Crippen LogP contribution in [0.15, 0.2) is 0 Å². The first-order valence-corrected chi connectivity index (χ1v) is 20.4. The molecule has 1 saturated heterocycles. The van der Waals surface area contributed by atoms with Gasteiger partial charge >= 0.3 is 23.9 Å². The first-order valence-electron chi connectivity index (χ1n) is 20.4. The molecule has 0 aromatic heterocycles. The van der Waals surface area contributed by atoms with Crippen LogP contribution in [0.3, 0.4) is 0 Å². The topological polar surface area (TPSA) is 140 Å². The van der Waals surface area contributed by atoms with E-state index in [-0.39, 0.29) is 43.5 Å². The number of nitrogens with zero attached hydrogens (tertiary/aromatic N) is 1. The summed E-state index contributed by atoms with van der Waals surface area (Å²) < 4.78 is 17.2. The van der Waals surface area contributed by atoms with Crippen LogP contribution in [0.2, 0.25) is 0 Å². The normalized spacial score (nSPS) is 16.2. The third-order valence-electron chi connectivity index (χ3n) is 9.64. The fourth-order valence-electron chi connectivity index (χ4n) is 6.66. The first-order chi connectivity index (χ1) is 24.3. The number of hydrogen-bond acceptors (Lipinski definition) is 9. The maximum atomic E-state index is 13.0. The highest BCUT2D eigenvalue weighted by atomic mass is 16.6. The van der Waals surface area contributed by atoms with Gasteiger partial charge in [0, 0.05) is 38.8 Å². The molecule has 0 aliphatic carbocycles. The van der Waals surface area contributed by atoms with E-state index in [9.17, 15) is 19.2 Å². The van der Waals surface area contributed by atoms with Crippen LogP contribution in [0.1, 0.15) is 187 Å². The molecule has 0 saturated carbocycles. The van der Waals surface area contributed by atoms with Crippen molar-refractivity contribution in [3.63, 3.8) is 0 Å². The minimum Gasteiger partial charge on any atom is -0.481 e. The summed E-state index contributed by atoms with van der Waals surface area (Å²) in [6.45, 7) is 5.75. The van der Waals surface area contributed by atoms with Gasteiger partial charge in [0.25, 0.3) is 0 Å². The molecule has 0 radical (unpaired) electrons. The molecule has 0 spiro atoms. The number of aliphatic hydroxyl groups is 1. The Morgan fingerprint density at radius 2 is 1.20 bits per heavy atom. The summed E-state index contributed by atoms with van der Waals surface area (Å²) in [4.78, 5) is 50.6. The van der Waals surface area contributed by atoms with Gasteiger partial charge in [-0.25, -0.2) is 0 Å². The van der Waals surface area contributed by atoms with Crippen molar-refractivity contribution in [1.29, 1.82) is 0 Å². The summed E-state index contributed by atoms with van der Waals surface area (Å²) in [5.74, 6) is -1.58. The van der Waals surface area contributed by atoms with Gasteiger partial charge in [-0.15, -0.1) is 0 Å². The summed E-state index contributed by atoms with van der Waals surface area (Å²) in [5.41, 5.74) is 0. The molecule has 0 amide bonds. The highest BCUT2D eigenvalue weighted by molar-refractivity contribution is 5.76. The molecule has 1 heterocycles. The zero-order valence-electron chi connectivity index (χ0n) is 31.9. The third kappa shape index (κ3) is 24.9. The highest BCUT2D eigenvalue weighted by Crippen LogP contribution is 2.24. The van der Waals surface area contributed by atoms with Gasteiger partial charge in [0.15, 0.2) is 0 Å². The number of aliphatic hydroxyl groups excluding tert-OH is 1. The molecule has 50 heavy (non-hydrogen) atoms. The third-order valence-corrected chi connectivity index (χ3v) is 9.64. The second-order valence-corrected chi connectivity index (χ2v) is 14.3. The molecule has 10 nitrogen and oxygen atoms in total. The average Bonchev–Trinajstić information content (AvgIpc) is 3.49. The number of hydrogen-bond donors (Lipinski definition) is 2. The molecule has 2 N–H and O–H groups in total. The van der Waals surface area contributed by atoms with Gasteiger partial charge in [-0.2, -0.15) is 0 Å². The predicted octanol–water partition coefficient (Wildman–Crippen LogP) is 8.69. The van der Waals surface area contributed by atoms with Gasteiger partial charge in [0.1, 0.15) is 18.2 Å². The van der Waals surface area contributed by atoms with Crippen LogP contribution >= 0.6 is 0 Å². The van der Waals surface area contributed by atoms with E-state index in [1.165, 1.54) is 64.2 Å². The fourth-order valence-corrected chi connectivity index (χ4v) is 6.66. The van der Waals surface area contributed by atoms with Crippen LogP contribution in [0.25, 0.3) is 0 Å². The fraction of sp³-hybridized carbons (Fsp3) is 0.900. The minimum atomic E-state index is -0.814. The number of esters is 3. The molecule has 1 aliphatic rings. The van der Waals surface area contributed by atoms with Crippen molar-refractivity contribution in [2.24, 2.45) is 0 Å². The van der Waals surface area contributed by atoms with E-state index in [0.717, 1.165) is 70.6 Å². The van der Waals surface area contributed by atoms with Crippen LogP contribution in [0.5, 0.6) is 0 Å². The Hall–Kier alpha value is -2.20. The Kier molecular flexibility index (Phi) is 28.9. The summed E-state index contributed by atoms with van der Waals surface area (Å²) >= 11 is 0. The largest absolute Gasteiger partial charge is 0.481 e. The van der Waals surface area contributed by atoms with E-state index >= 15 is 0 Å². The van der Waals surface area contributed by atoms with Gasteiger partial charge < -0.3 is 24.4 Å². The van der Waals surface area contributed by atoms with Gasteiger partial charge in [-0.3, -0.25) is 24.1 Å². The Labute approximate surface area is 303 Å². The zero-order valence-corrected chi connectivity index (χ0v) is 31.9. The monoisotopic (exact) mass is 712 g/mol. The quantitative estimate of drug-likeness (QED) is 0.0379. The number of carbonyl (C=O) groups excluding carboxylic acids is 3. The molecule has 1 aliphatic heterocycles. The Morgan fingerprint density at radius 3 is 1.82 bits per heavy atom. The van der Waals surface area contributed by atoms with Crippen LogP contribution in [-0.2, 0) is 33.4 Å². The number of carbonyl (C=O) groups is 4. The maximum Gasteiger partial charge on any atom is 0.323 e. The lowest BCUT2D eigenvalue weighted by molar-refractivity contribution is -0.151. The van der Waals surface area contributed by atoms with E-state index in [4.69, 9.17) is 24.4 Å². The van der Waals surface area contributed by atoms with Crippen LogP contribution in [0, 0.1) is 0 Å². The molecular weight excluding hydrogens is 638 g/mol. The second kappa shape index (κ2) is 31.5. The molecular formula is C40H73NO9. The predicted molar refractivity (Wildman–Crippen MR) is 197 cm³/mol. The van der Waals surface area contributed by atoms with Crippen molar-refractivity contribution < 1.29 is 43.6 Å². The Bertz CT molecular complexity index is 867. The number of likely N-dealkylation sites (tertiary alicyclic amines) is 1. The van der Waals surface area contributed by atoms with E-state index in [1.54, 1.807) is 0 Å². The number of aliphatic carboxylic acids is 1. The molecule has 292 valence electrons. The Balaban J connectivity index is 2.35. The molecule has 1 rings (SSSR count). The minimum absolute atomic E-state index is 0.0517.